The Morgan fingerprint density at radius 3 is 1.21 bits per heavy atom. The molecule has 0 aliphatic rings. The van der Waals surface area contributed by atoms with Crippen LogP contribution in [0.4, 0.5) is 0 Å². The van der Waals surface area contributed by atoms with Crippen molar-refractivity contribution in [2.45, 2.75) is 19.3 Å². The second-order valence-corrected chi connectivity index (χ2v) is 4.72. The Labute approximate surface area is 161 Å². The van der Waals surface area contributed by atoms with Crippen LogP contribution in [0.25, 0.3) is 0 Å². The number of benzene rings is 2. The van der Waals surface area contributed by atoms with E-state index in [1.54, 1.807) is 24.3 Å². The Hall–Kier alpha value is 0.0400. The fourth-order valence-electron chi connectivity index (χ4n) is 1.92. The average Bonchev–Trinajstić information content (AvgIpc) is 2.30. The molecule has 0 unspecified atom stereocenters. The number of rotatable bonds is 2. The molecule has 0 bridgehead atoms. The van der Waals surface area contributed by atoms with Gasteiger partial charge in [-0.25, -0.2) is 0 Å². The molecule has 2 aromatic rings. The summed E-state index contributed by atoms with van der Waals surface area (Å²) in [5.74, 6) is 0.547. The average molecular weight is 276 g/mol. The number of aromatic hydroxyl groups is 2. The molecular weight excluding hydrogens is 258 g/mol. The maximum absolute atomic E-state index is 9.30. The van der Waals surface area contributed by atoms with Crippen molar-refractivity contribution in [3.05, 3.63) is 59.7 Å². The van der Waals surface area contributed by atoms with Gasteiger partial charge in [-0.3, -0.25) is 0 Å². The first-order chi connectivity index (χ1) is 8.00. The summed E-state index contributed by atoms with van der Waals surface area (Å²) in [4.78, 5) is 0. The zero-order chi connectivity index (χ0) is 12.5. The standard InChI is InChI=1S/C15H16O2.2Na.2H/c1-15(2,11-3-7-13(16)8-4-11)12-5-9-14(17)10-6-12;;;;/h3-10,16-17H,1-2H3;;;;/q;2*+1;2*-1. The first-order valence-electron chi connectivity index (χ1n) is 5.59. The van der Waals surface area contributed by atoms with Crippen LogP contribution in [0.2, 0.25) is 0 Å². The van der Waals surface area contributed by atoms with Gasteiger partial charge in [0.05, 0.1) is 0 Å². The molecular formula is C15H18Na2O2. The van der Waals surface area contributed by atoms with Crippen LogP contribution in [0.5, 0.6) is 11.5 Å². The van der Waals surface area contributed by atoms with Crippen molar-refractivity contribution in [3.8, 4) is 11.5 Å². The van der Waals surface area contributed by atoms with Gasteiger partial charge in [0.15, 0.2) is 0 Å². The molecule has 0 fully saturated rings. The van der Waals surface area contributed by atoms with E-state index in [4.69, 9.17) is 0 Å². The van der Waals surface area contributed by atoms with Gasteiger partial charge in [0, 0.05) is 5.41 Å². The van der Waals surface area contributed by atoms with Crippen molar-refractivity contribution >= 4 is 0 Å². The van der Waals surface area contributed by atoms with Gasteiger partial charge in [0.1, 0.15) is 11.5 Å². The summed E-state index contributed by atoms with van der Waals surface area (Å²) in [6.45, 7) is 4.23. The summed E-state index contributed by atoms with van der Waals surface area (Å²) >= 11 is 0. The molecule has 2 aromatic carbocycles. The van der Waals surface area contributed by atoms with Crippen molar-refractivity contribution < 1.29 is 72.2 Å². The normalized spacial score (nSPS) is 10.2. The van der Waals surface area contributed by atoms with Gasteiger partial charge < -0.3 is 13.1 Å². The first kappa shape index (κ1) is 19.0. The molecule has 19 heavy (non-hydrogen) atoms. The summed E-state index contributed by atoms with van der Waals surface area (Å²) in [5, 5.41) is 18.6. The fourth-order valence-corrected chi connectivity index (χ4v) is 1.92. The van der Waals surface area contributed by atoms with Crippen LogP contribution in [0, 0.1) is 0 Å². The first-order valence-corrected chi connectivity index (χ1v) is 5.59. The van der Waals surface area contributed by atoms with Crippen molar-refractivity contribution in [2.75, 3.05) is 0 Å². The van der Waals surface area contributed by atoms with Crippen LogP contribution < -0.4 is 59.1 Å². The predicted molar refractivity (Wildman–Crippen MR) is 70.6 cm³/mol. The number of phenols is 2. The summed E-state index contributed by atoms with van der Waals surface area (Å²) in [5.41, 5.74) is 2.10. The predicted octanol–water partition coefficient (Wildman–Crippen LogP) is -2.34. The van der Waals surface area contributed by atoms with Crippen LogP contribution >= 0.6 is 0 Å². The third kappa shape index (κ3) is 4.52. The summed E-state index contributed by atoms with van der Waals surface area (Å²) < 4.78 is 0. The molecule has 0 saturated heterocycles. The van der Waals surface area contributed by atoms with E-state index in [0.29, 0.717) is 0 Å². The monoisotopic (exact) mass is 276 g/mol. The van der Waals surface area contributed by atoms with Crippen LogP contribution in [-0.4, -0.2) is 10.2 Å². The summed E-state index contributed by atoms with van der Waals surface area (Å²) in [7, 11) is 0. The molecule has 0 aliphatic heterocycles. The summed E-state index contributed by atoms with van der Waals surface area (Å²) in [6.07, 6.45) is 0. The van der Waals surface area contributed by atoms with E-state index in [9.17, 15) is 10.2 Å². The quantitative estimate of drug-likeness (QED) is 0.604. The topological polar surface area (TPSA) is 40.5 Å². The van der Waals surface area contributed by atoms with Gasteiger partial charge in [0.2, 0.25) is 0 Å². The molecule has 0 spiro atoms. The molecule has 0 amide bonds. The van der Waals surface area contributed by atoms with E-state index in [1.807, 2.05) is 24.3 Å². The van der Waals surface area contributed by atoms with Gasteiger partial charge in [-0.05, 0) is 35.4 Å². The Morgan fingerprint density at radius 1 is 0.684 bits per heavy atom. The second kappa shape index (κ2) is 7.72. The van der Waals surface area contributed by atoms with Crippen LogP contribution in [0.15, 0.2) is 48.5 Å². The number of hydrogen-bond donors (Lipinski definition) is 2. The van der Waals surface area contributed by atoms with Crippen LogP contribution in [-0.2, 0) is 5.41 Å². The molecule has 0 radical (unpaired) electrons. The third-order valence-corrected chi connectivity index (χ3v) is 3.18. The largest absolute Gasteiger partial charge is 1.00 e. The van der Waals surface area contributed by atoms with E-state index in [2.05, 4.69) is 13.8 Å². The SMILES string of the molecule is CC(C)(c1ccc(O)cc1)c1ccc(O)cc1.[H-].[H-].[Na+].[Na+]. The van der Waals surface area contributed by atoms with E-state index < -0.39 is 0 Å². The van der Waals surface area contributed by atoms with Gasteiger partial charge >= 0.3 is 59.1 Å². The minimum absolute atomic E-state index is 0. The molecule has 92 valence electrons. The molecule has 2 nitrogen and oxygen atoms in total. The van der Waals surface area contributed by atoms with Gasteiger partial charge in [-0.2, -0.15) is 0 Å². The minimum Gasteiger partial charge on any atom is -1.00 e. The van der Waals surface area contributed by atoms with E-state index in [1.165, 1.54) is 0 Å². The molecule has 0 aliphatic carbocycles. The van der Waals surface area contributed by atoms with E-state index in [-0.39, 0.29) is 78.9 Å². The molecule has 0 atom stereocenters. The number of phenolic OH excluding ortho intramolecular Hbond substituents is 2. The van der Waals surface area contributed by atoms with Gasteiger partial charge in [-0.1, -0.05) is 38.1 Å². The van der Waals surface area contributed by atoms with Crippen molar-refractivity contribution in [2.24, 2.45) is 0 Å². The Morgan fingerprint density at radius 2 is 0.947 bits per heavy atom. The summed E-state index contributed by atoms with van der Waals surface area (Å²) in [6, 6.07) is 14.4. The molecule has 0 saturated carbocycles. The number of hydrogen-bond acceptors (Lipinski definition) is 2. The van der Waals surface area contributed by atoms with Gasteiger partial charge in [-0.15, -0.1) is 0 Å². The van der Waals surface area contributed by atoms with Crippen molar-refractivity contribution in [3.63, 3.8) is 0 Å². The zero-order valence-electron chi connectivity index (χ0n) is 14.0. The Kier molecular flexibility index (Phi) is 7.74. The van der Waals surface area contributed by atoms with E-state index in [0.717, 1.165) is 11.1 Å². The molecule has 4 heteroatoms. The van der Waals surface area contributed by atoms with Crippen LogP contribution in [0.3, 0.4) is 0 Å². The molecule has 0 heterocycles. The van der Waals surface area contributed by atoms with Gasteiger partial charge in [0.25, 0.3) is 0 Å². The zero-order valence-corrected chi connectivity index (χ0v) is 16.0. The second-order valence-electron chi connectivity index (χ2n) is 4.72. The maximum atomic E-state index is 9.30. The molecule has 0 aromatic heterocycles. The van der Waals surface area contributed by atoms with E-state index >= 15 is 0 Å². The molecule has 2 N–H and O–H groups in total. The maximum Gasteiger partial charge on any atom is 1.00 e. The Bertz CT molecular complexity index is 467. The smallest absolute Gasteiger partial charge is 1.00 e. The van der Waals surface area contributed by atoms with Crippen LogP contribution in [0.1, 0.15) is 27.8 Å². The fraction of sp³-hybridized carbons (Fsp3) is 0.200. The Balaban J connectivity index is -0.000000810. The van der Waals surface area contributed by atoms with Crippen molar-refractivity contribution in [1.82, 2.24) is 0 Å². The van der Waals surface area contributed by atoms with Crippen molar-refractivity contribution in [1.29, 1.82) is 0 Å². The third-order valence-electron chi connectivity index (χ3n) is 3.18. The minimum atomic E-state index is -0.151. The molecule has 2 rings (SSSR count).